The highest BCUT2D eigenvalue weighted by Crippen LogP contribution is 2.48. The van der Waals surface area contributed by atoms with Crippen LogP contribution in [0.2, 0.25) is 0 Å². The maximum absolute atomic E-state index is 13.9. The van der Waals surface area contributed by atoms with Crippen molar-refractivity contribution in [2.45, 2.75) is 24.4 Å². The van der Waals surface area contributed by atoms with Gasteiger partial charge in [-0.25, -0.2) is 8.78 Å². The minimum atomic E-state index is -0.584. The Kier molecular flexibility index (Phi) is 4.14. The summed E-state index contributed by atoms with van der Waals surface area (Å²) in [6, 6.07) is 3.64. The Morgan fingerprint density at radius 2 is 2.23 bits per heavy atom. The highest BCUT2D eigenvalue weighted by molar-refractivity contribution is 5.81. The molecular weight excluding hydrogens is 290 g/mol. The number of carbonyl (C=O) groups excluding carboxylic acids is 1. The molecule has 1 saturated carbocycles. The first-order valence-corrected chi connectivity index (χ1v) is 7.54. The highest BCUT2D eigenvalue weighted by Gasteiger charge is 2.46. The fourth-order valence-corrected chi connectivity index (χ4v) is 2.92. The molecule has 0 radical (unpaired) electrons. The Morgan fingerprint density at radius 3 is 2.86 bits per heavy atom. The minimum absolute atomic E-state index is 0.166. The molecule has 1 N–H and O–H groups in total. The quantitative estimate of drug-likeness (QED) is 0.915. The lowest BCUT2D eigenvalue weighted by atomic mass is 9.95. The number of benzene rings is 1. The molecule has 1 aromatic rings. The van der Waals surface area contributed by atoms with Crippen molar-refractivity contribution < 1.29 is 18.3 Å². The molecule has 6 heteroatoms. The topological polar surface area (TPSA) is 41.6 Å². The largest absolute Gasteiger partial charge is 0.366 e. The molecule has 22 heavy (non-hydrogen) atoms. The van der Waals surface area contributed by atoms with Crippen molar-refractivity contribution in [1.29, 1.82) is 0 Å². The smallest absolute Gasteiger partial charge is 0.250 e. The van der Waals surface area contributed by atoms with E-state index >= 15 is 0 Å². The summed E-state index contributed by atoms with van der Waals surface area (Å²) in [5, 5.41) is 2.87. The number of halogens is 2. The van der Waals surface area contributed by atoms with Crippen LogP contribution in [0.1, 0.15) is 18.4 Å². The van der Waals surface area contributed by atoms with Crippen LogP contribution in [0.25, 0.3) is 0 Å². The van der Waals surface area contributed by atoms with Crippen LogP contribution in [0.15, 0.2) is 18.2 Å². The Labute approximate surface area is 128 Å². The van der Waals surface area contributed by atoms with Crippen molar-refractivity contribution in [1.82, 2.24) is 10.2 Å². The monoisotopic (exact) mass is 310 g/mol. The van der Waals surface area contributed by atoms with E-state index in [1.807, 2.05) is 11.9 Å². The number of likely N-dealkylation sites (N-methyl/N-ethyl adjacent to an activating group) is 1. The maximum Gasteiger partial charge on any atom is 0.250 e. The number of hydrogen-bond donors (Lipinski definition) is 1. The number of ether oxygens (including phenoxy) is 1. The molecule has 2 aliphatic rings. The standard InChI is InChI=1S/C16H20F2N2O2/c1-20-6-7-22-14(9-20)15(21)19-10-16(4-5-16)12-3-2-11(17)8-13(12)18/h2-3,8,14H,4-7,9-10H2,1H3,(H,19,21). The van der Waals surface area contributed by atoms with Crippen molar-refractivity contribution in [3.05, 3.63) is 35.4 Å². The maximum atomic E-state index is 13.9. The number of nitrogens with zero attached hydrogens (tertiary/aromatic N) is 1. The molecule has 120 valence electrons. The van der Waals surface area contributed by atoms with Gasteiger partial charge in [0.15, 0.2) is 0 Å². The number of morpholine rings is 1. The molecule has 3 rings (SSSR count). The predicted molar refractivity (Wildman–Crippen MR) is 77.5 cm³/mol. The molecule has 4 nitrogen and oxygen atoms in total. The molecule has 0 spiro atoms. The van der Waals surface area contributed by atoms with E-state index in [0.29, 0.717) is 25.3 Å². The van der Waals surface area contributed by atoms with Gasteiger partial charge in [-0.1, -0.05) is 6.07 Å². The molecule has 1 saturated heterocycles. The van der Waals surface area contributed by atoms with Crippen molar-refractivity contribution in [2.24, 2.45) is 0 Å². The summed E-state index contributed by atoms with van der Waals surface area (Å²) in [6.07, 6.45) is 1.11. The van der Waals surface area contributed by atoms with Crippen LogP contribution < -0.4 is 5.32 Å². The summed E-state index contributed by atoms with van der Waals surface area (Å²) in [5.74, 6) is -1.29. The first-order valence-electron chi connectivity index (χ1n) is 7.54. The normalized spacial score (nSPS) is 24.0. The van der Waals surface area contributed by atoms with Crippen LogP contribution in [0.3, 0.4) is 0 Å². The first-order chi connectivity index (χ1) is 10.5. The number of carbonyl (C=O) groups is 1. The van der Waals surface area contributed by atoms with Gasteiger partial charge in [-0.05, 0) is 31.5 Å². The minimum Gasteiger partial charge on any atom is -0.366 e. The third-order valence-corrected chi connectivity index (χ3v) is 4.52. The number of hydrogen-bond acceptors (Lipinski definition) is 3. The average Bonchev–Trinajstić information content (AvgIpc) is 3.25. The van der Waals surface area contributed by atoms with Gasteiger partial charge in [0.05, 0.1) is 6.61 Å². The second-order valence-corrected chi connectivity index (χ2v) is 6.24. The molecule has 1 unspecified atom stereocenters. The molecule has 1 aliphatic heterocycles. The summed E-state index contributed by atoms with van der Waals surface area (Å²) in [4.78, 5) is 14.2. The molecule has 2 fully saturated rings. The lowest BCUT2D eigenvalue weighted by Gasteiger charge is -2.29. The fraction of sp³-hybridized carbons (Fsp3) is 0.562. The Bertz CT molecular complexity index is 575. The molecule has 1 heterocycles. The van der Waals surface area contributed by atoms with Gasteiger partial charge >= 0.3 is 0 Å². The summed E-state index contributed by atoms with van der Waals surface area (Å²) in [7, 11) is 1.94. The second-order valence-electron chi connectivity index (χ2n) is 6.24. The summed E-state index contributed by atoms with van der Waals surface area (Å²) in [6.45, 7) is 2.27. The third-order valence-electron chi connectivity index (χ3n) is 4.52. The van der Waals surface area contributed by atoms with E-state index in [-0.39, 0.29) is 5.91 Å². The fourth-order valence-electron chi connectivity index (χ4n) is 2.92. The van der Waals surface area contributed by atoms with Crippen molar-refractivity contribution in [3.63, 3.8) is 0 Å². The van der Waals surface area contributed by atoms with Crippen LogP contribution in [-0.4, -0.2) is 50.2 Å². The molecule has 1 aliphatic carbocycles. The zero-order valence-corrected chi connectivity index (χ0v) is 12.6. The van der Waals surface area contributed by atoms with Crippen LogP contribution in [0.5, 0.6) is 0 Å². The van der Waals surface area contributed by atoms with Crippen LogP contribution in [0.4, 0.5) is 8.78 Å². The number of nitrogens with one attached hydrogen (secondary N) is 1. The Balaban J connectivity index is 1.62. The Hall–Kier alpha value is -1.53. The van der Waals surface area contributed by atoms with E-state index in [2.05, 4.69) is 5.32 Å². The van der Waals surface area contributed by atoms with Crippen molar-refractivity contribution in [2.75, 3.05) is 33.3 Å². The van der Waals surface area contributed by atoms with E-state index in [1.54, 1.807) is 0 Å². The van der Waals surface area contributed by atoms with Gasteiger partial charge in [0.25, 0.3) is 5.91 Å². The van der Waals surface area contributed by atoms with Gasteiger partial charge < -0.3 is 15.0 Å². The molecule has 0 aromatic heterocycles. The zero-order valence-electron chi connectivity index (χ0n) is 12.6. The van der Waals surface area contributed by atoms with E-state index in [1.165, 1.54) is 12.1 Å². The van der Waals surface area contributed by atoms with Gasteiger partial charge in [0.2, 0.25) is 0 Å². The predicted octanol–water partition coefficient (Wildman–Crippen LogP) is 1.44. The molecule has 1 aromatic carbocycles. The van der Waals surface area contributed by atoms with Crippen molar-refractivity contribution in [3.8, 4) is 0 Å². The average molecular weight is 310 g/mol. The van der Waals surface area contributed by atoms with Gasteiger partial charge in [-0.3, -0.25) is 4.79 Å². The van der Waals surface area contributed by atoms with Gasteiger partial charge in [0, 0.05) is 31.1 Å². The summed E-state index contributed by atoms with van der Waals surface area (Å²) in [5.41, 5.74) is 0.0875. The lowest BCUT2D eigenvalue weighted by Crippen LogP contribution is -2.49. The lowest BCUT2D eigenvalue weighted by molar-refractivity contribution is -0.137. The molecule has 0 bridgehead atoms. The molecule has 1 atom stereocenters. The summed E-state index contributed by atoms with van der Waals surface area (Å²) < 4.78 is 32.4. The van der Waals surface area contributed by atoms with E-state index in [9.17, 15) is 13.6 Å². The van der Waals surface area contributed by atoms with Crippen molar-refractivity contribution >= 4 is 5.91 Å². The number of amides is 1. The highest BCUT2D eigenvalue weighted by atomic mass is 19.1. The van der Waals surface area contributed by atoms with E-state index < -0.39 is 23.2 Å². The Morgan fingerprint density at radius 1 is 1.45 bits per heavy atom. The van der Waals surface area contributed by atoms with E-state index in [0.717, 1.165) is 25.5 Å². The van der Waals surface area contributed by atoms with Crippen LogP contribution >= 0.6 is 0 Å². The third kappa shape index (κ3) is 3.13. The first kappa shape index (κ1) is 15.4. The summed E-state index contributed by atoms with van der Waals surface area (Å²) >= 11 is 0. The van der Waals surface area contributed by atoms with E-state index in [4.69, 9.17) is 4.74 Å². The zero-order chi connectivity index (χ0) is 15.7. The molecule has 1 amide bonds. The SMILES string of the molecule is CN1CCOC(C(=O)NCC2(c3ccc(F)cc3F)CC2)C1. The van der Waals surface area contributed by atoms with Crippen LogP contribution in [0, 0.1) is 11.6 Å². The van der Waals surface area contributed by atoms with Crippen LogP contribution in [-0.2, 0) is 14.9 Å². The van der Waals surface area contributed by atoms with Gasteiger partial charge in [-0.15, -0.1) is 0 Å². The van der Waals surface area contributed by atoms with Gasteiger partial charge in [-0.2, -0.15) is 0 Å². The number of rotatable bonds is 4. The second kappa shape index (κ2) is 5.93. The van der Waals surface area contributed by atoms with Gasteiger partial charge in [0.1, 0.15) is 17.7 Å². The molecular formula is C16H20F2N2O2.